The second kappa shape index (κ2) is 8.02. The van der Waals surface area contributed by atoms with Crippen LogP contribution in [-0.4, -0.2) is 25.7 Å². The summed E-state index contributed by atoms with van der Waals surface area (Å²) in [5.41, 5.74) is 0. The van der Waals surface area contributed by atoms with Crippen molar-refractivity contribution in [3.8, 4) is 5.06 Å². The maximum Gasteiger partial charge on any atom is 0.173 e. The van der Waals surface area contributed by atoms with Gasteiger partial charge < -0.3 is 10.1 Å². The number of nitrogens with one attached hydrogen (secondary N) is 1. The Labute approximate surface area is 100 Å². The van der Waals surface area contributed by atoms with Gasteiger partial charge in [-0.25, -0.2) is 0 Å². The van der Waals surface area contributed by atoms with E-state index in [2.05, 4.69) is 17.6 Å². The predicted octanol–water partition coefficient (Wildman–Crippen LogP) is 2.99. The van der Waals surface area contributed by atoms with Gasteiger partial charge in [0.05, 0.1) is 7.11 Å². The highest BCUT2D eigenvalue weighted by molar-refractivity contribution is 7.98. The Bertz CT molecular complexity index is 263. The van der Waals surface area contributed by atoms with Crippen molar-refractivity contribution in [1.29, 1.82) is 0 Å². The van der Waals surface area contributed by atoms with Crippen LogP contribution in [-0.2, 0) is 6.54 Å². The third-order valence-electron chi connectivity index (χ3n) is 2.09. The molecule has 0 bridgehead atoms. The van der Waals surface area contributed by atoms with Crippen LogP contribution >= 0.6 is 23.1 Å². The molecule has 0 amide bonds. The van der Waals surface area contributed by atoms with Crippen LogP contribution in [0.3, 0.4) is 0 Å². The van der Waals surface area contributed by atoms with Crippen molar-refractivity contribution >= 4 is 23.1 Å². The summed E-state index contributed by atoms with van der Waals surface area (Å²) in [6.45, 7) is 2.08. The number of unbranched alkanes of at least 4 members (excludes halogenated alkanes) is 1. The van der Waals surface area contributed by atoms with Crippen LogP contribution in [0.1, 0.15) is 17.7 Å². The van der Waals surface area contributed by atoms with E-state index in [1.807, 2.05) is 17.8 Å². The van der Waals surface area contributed by atoms with E-state index in [0.29, 0.717) is 0 Å². The van der Waals surface area contributed by atoms with Gasteiger partial charge in [-0.05, 0) is 43.5 Å². The average molecular weight is 245 g/mol. The largest absolute Gasteiger partial charge is 0.487 e. The Hall–Kier alpha value is -0.190. The fourth-order valence-corrected chi connectivity index (χ4v) is 2.55. The van der Waals surface area contributed by atoms with Gasteiger partial charge in [-0.1, -0.05) is 0 Å². The Balaban J connectivity index is 2.04. The van der Waals surface area contributed by atoms with E-state index in [9.17, 15) is 0 Å². The van der Waals surface area contributed by atoms with Gasteiger partial charge in [0.2, 0.25) is 0 Å². The van der Waals surface area contributed by atoms with Crippen LogP contribution in [0.4, 0.5) is 0 Å². The lowest BCUT2D eigenvalue weighted by Crippen LogP contribution is -2.13. The Morgan fingerprint density at radius 1 is 1.40 bits per heavy atom. The molecule has 4 heteroatoms. The molecule has 0 radical (unpaired) electrons. The summed E-state index contributed by atoms with van der Waals surface area (Å²) in [6.07, 6.45) is 4.73. The van der Waals surface area contributed by atoms with E-state index in [1.165, 1.54) is 23.5 Å². The number of hydrogen-bond donors (Lipinski definition) is 1. The molecule has 0 fully saturated rings. The predicted molar refractivity (Wildman–Crippen MR) is 70.2 cm³/mol. The van der Waals surface area contributed by atoms with E-state index in [4.69, 9.17) is 4.74 Å². The molecule has 1 aromatic rings. The molecule has 1 N–H and O–H groups in total. The van der Waals surface area contributed by atoms with Gasteiger partial charge in [0.25, 0.3) is 0 Å². The van der Waals surface area contributed by atoms with Crippen LogP contribution in [0.2, 0.25) is 0 Å². The zero-order valence-electron chi connectivity index (χ0n) is 9.41. The van der Waals surface area contributed by atoms with Crippen LogP contribution in [0.15, 0.2) is 12.1 Å². The number of methoxy groups -OCH3 is 1. The minimum absolute atomic E-state index is 0.966. The maximum absolute atomic E-state index is 5.14. The van der Waals surface area contributed by atoms with Crippen molar-refractivity contribution in [3.63, 3.8) is 0 Å². The molecule has 86 valence electrons. The highest BCUT2D eigenvalue weighted by Crippen LogP contribution is 2.23. The summed E-state index contributed by atoms with van der Waals surface area (Å²) >= 11 is 3.63. The summed E-state index contributed by atoms with van der Waals surface area (Å²) in [4.78, 5) is 1.34. The third-order valence-corrected chi connectivity index (χ3v) is 3.83. The summed E-state index contributed by atoms with van der Waals surface area (Å²) in [6, 6.07) is 4.15. The van der Waals surface area contributed by atoms with Crippen molar-refractivity contribution in [2.24, 2.45) is 0 Å². The van der Waals surface area contributed by atoms with Crippen molar-refractivity contribution in [1.82, 2.24) is 5.32 Å². The summed E-state index contributed by atoms with van der Waals surface area (Å²) in [5.74, 6) is 1.27. The first-order chi connectivity index (χ1) is 7.36. The molecular formula is C11H19NOS2. The quantitative estimate of drug-likeness (QED) is 0.711. The molecule has 0 atom stereocenters. The van der Waals surface area contributed by atoms with Gasteiger partial charge in [0.1, 0.15) is 0 Å². The van der Waals surface area contributed by atoms with Crippen LogP contribution < -0.4 is 10.1 Å². The molecule has 0 aliphatic rings. The fourth-order valence-electron chi connectivity index (χ4n) is 1.27. The Kier molecular flexibility index (Phi) is 6.88. The fraction of sp³-hybridized carbons (Fsp3) is 0.636. The lowest BCUT2D eigenvalue weighted by Gasteiger charge is -2.02. The van der Waals surface area contributed by atoms with Gasteiger partial charge in [-0.2, -0.15) is 11.8 Å². The van der Waals surface area contributed by atoms with Gasteiger partial charge in [0.15, 0.2) is 5.06 Å². The van der Waals surface area contributed by atoms with Crippen LogP contribution in [0.5, 0.6) is 5.06 Å². The molecule has 2 nitrogen and oxygen atoms in total. The highest BCUT2D eigenvalue weighted by Gasteiger charge is 1.98. The van der Waals surface area contributed by atoms with E-state index >= 15 is 0 Å². The summed E-state index contributed by atoms with van der Waals surface area (Å²) < 4.78 is 5.14. The molecule has 15 heavy (non-hydrogen) atoms. The second-order valence-corrected chi connectivity index (χ2v) is 5.42. The molecule has 0 unspecified atom stereocenters. The SMILES string of the molecule is COc1ccc(CNCCCCSC)s1. The molecule has 1 rings (SSSR count). The van der Waals surface area contributed by atoms with E-state index in [-0.39, 0.29) is 0 Å². The molecule has 0 aliphatic heterocycles. The van der Waals surface area contributed by atoms with Crippen LogP contribution in [0.25, 0.3) is 0 Å². The van der Waals surface area contributed by atoms with E-state index in [1.54, 1.807) is 18.4 Å². The molecular weight excluding hydrogens is 226 g/mol. The van der Waals surface area contributed by atoms with Crippen molar-refractivity contribution in [2.75, 3.05) is 25.7 Å². The normalized spacial score (nSPS) is 10.5. The molecule has 0 aromatic carbocycles. The number of thioether (sulfide) groups is 1. The average Bonchev–Trinajstić information content (AvgIpc) is 2.71. The maximum atomic E-state index is 5.14. The van der Waals surface area contributed by atoms with Gasteiger partial charge in [-0.3, -0.25) is 0 Å². The minimum Gasteiger partial charge on any atom is -0.487 e. The monoisotopic (exact) mass is 245 g/mol. The topological polar surface area (TPSA) is 21.3 Å². The molecule has 0 saturated carbocycles. The van der Waals surface area contributed by atoms with E-state index in [0.717, 1.165) is 18.2 Å². The number of hydrogen-bond acceptors (Lipinski definition) is 4. The highest BCUT2D eigenvalue weighted by atomic mass is 32.2. The number of ether oxygens (including phenoxy) is 1. The molecule has 0 aliphatic carbocycles. The van der Waals surface area contributed by atoms with Crippen molar-refractivity contribution in [2.45, 2.75) is 19.4 Å². The summed E-state index contributed by atoms with van der Waals surface area (Å²) in [7, 11) is 1.71. The lowest BCUT2D eigenvalue weighted by molar-refractivity contribution is 0.427. The molecule has 0 saturated heterocycles. The first-order valence-electron chi connectivity index (χ1n) is 5.19. The molecule has 1 aromatic heterocycles. The van der Waals surface area contributed by atoms with Gasteiger partial charge >= 0.3 is 0 Å². The van der Waals surface area contributed by atoms with Crippen molar-refractivity contribution in [3.05, 3.63) is 17.0 Å². The summed E-state index contributed by atoms with van der Waals surface area (Å²) in [5, 5.41) is 4.44. The third kappa shape index (κ3) is 5.44. The number of rotatable bonds is 8. The zero-order valence-corrected chi connectivity index (χ0v) is 11.0. The minimum atomic E-state index is 0.966. The van der Waals surface area contributed by atoms with Gasteiger partial charge in [-0.15, -0.1) is 11.3 Å². The molecule has 1 heterocycles. The smallest absolute Gasteiger partial charge is 0.173 e. The van der Waals surface area contributed by atoms with Crippen LogP contribution in [0, 0.1) is 0 Å². The first kappa shape index (κ1) is 12.9. The Morgan fingerprint density at radius 2 is 2.27 bits per heavy atom. The van der Waals surface area contributed by atoms with E-state index < -0.39 is 0 Å². The van der Waals surface area contributed by atoms with Crippen molar-refractivity contribution < 1.29 is 4.74 Å². The zero-order chi connectivity index (χ0) is 10.9. The number of thiophene rings is 1. The Morgan fingerprint density at radius 3 is 2.93 bits per heavy atom. The second-order valence-electron chi connectivity index (χ2n) is 3.30. The standard InChI is InChI=1S/C11H19NOS2/c1-13-11-6-5-10(15-11)9-12-7-3-4-8-14-2/h5-6,12H,3-4,7-9H2,1-2H3. The first-order valence-corrected chi connectivity index (χ1v) is 7.40. The molecule has 0 spiro atoms. The van der Waals surface area contributed by atoms with Gasteiger partial charge in [0, 0.05) is 11.4 Å². The lowest BCUT2D eigenvalue weighted by atomic mass is 10.3.